The highest BCUT2D eigenvalue weighted by atomic mass is 35.5. The fourth-order valence-corrected chi connectivity index (χ4v) is 2.12. The van der Waals surface area contributed by atoms with Crippen molar-refractivity contribution in [1.29, 1.82) is 0 Å². The first-order valence-electron chi connectivity index (χ1n) is 5.79. The summed E-state index contributed by atoms with van der Waals surface area (Å²) in [7, 11) is 0. The molecule has 0 radical (unpaired) electrons. The number of hydrogen-bond acceptors (Lipinski definition) is 4. The van der Waals surface area contributed by atoms with E-state index in [-0.39, 0.29) is 22.9 Å². The Bertz CT molecular complexity index is 785. The molecule has 3 aromatic heterocycles. The molecule has 21 heavy (non-hydrogen) atoms. The summed E-state index contributed by atoms with van der Waals surface area (Å²) in [6, 6.07) is 0.988. The Balaban J connectivity index is 2.20. The molecule has 0 aliphatic heterocycles. The number of fused-ring (bicyclic) bond motifs is 1. The predicted octanol–water partition coefficient (Wildman–Crippen LogP) is 2.94. The van der Waals surface area contributed by atoms with E-state index in [2.05, 4.69) is 19.9 Å². The quantitative estimate of drug-likeness (QED) is 0.683. The number of rotatable bonds is 2. The summed E-state index contributed by atoms with van der Waals surface area (Å²) >= 11 is 5.67. The third-order valence-corrected chi connectivity index (χ3v) is 3.01. The first-order valence-corrected chi connectivity index (χ1v) is 6.17. The van der Waals surface area contributed by atoms with E-state index in [0.29, 0.717) is 5.69 Å². The van der Waals surface area contributed by atoms with Gasteiger partial charge in [-0.2, -0.15) is 18.2 Å². The minimum Gasteiger partial charge on any atom is -0.315 e. The second-order valence-electron chi connectivity index (χ2n) is 4.23. The second kappa shape index (κ2) is 4.96. The Morgan fingerprint density at radius 3 is 2.62 bits per heavy atom. The molecule has 0 aromatic carbocycles. The van der Waals surface area contributed by atoms with Gasteiger partial charge in [-0.05, 0) is 17.7 Å². The zero-order valence-electron chi connectivity index (χ0n) is 10.3. The second-order valence-corrected chi connectivity index (χ2v) is 4.57. The lowest BCUT2D eigenvalue weighted by Gasteiger charge is -2.11. The van der Waals surface area contributed by atoms with Gasteiger partial charge >= 0.3 is 6.18 Å². The van der Waals surface area contributed by atoms with Crippen LogP contribution in [0, 0.1) is 0 Å². The Morgan fingerprint density at radius 2 is 1.95 bits per heavy atom. The molecule has 0 aliphatic carbocycles. The summed E-state index contributed by atoms with van der Waals surface area (Å²) in [6.45, 7) is -0.112. The smallest absolute Gasteiger partial charge is 0.315 e. The third kappa shape index (κ3) is 2.66. The van der Waals surface area contributed by atoms with Gasteiger partial charge in [-0.3, -0.25) is 9.97 Å². The van der Waals surface area contributed by atoms with Gasteiger partial charge in [-0.1, -0.05) is 0 Å². The van der Waals surface area contributed by atoms with Crippen LogP contribution < -0.4 is 0 Å². The molecule has 0 saturated carbocycles. The highest BCUT2D eigenvalue weighted by molar-refractivity contribution is 6.28. The van der Waals surface area contributed by atoms with Crippen molar-refractivity contribution in [2.24, 2.45) is 0 Å². The predicted molar refractivity (Wildman–Crippen MR) is 68.7 cm³/mol. The van der Waals surface area contributed by atoms with Crippen LogP contribution in [0.1, 0.15) is 11.4 Å². The van der Waals surface area contributed by atoms with Gasteiger partial charge in [0.15, 0.2) is 0 Å². The lowest BCUT2D eigenvalue weighted by Crippen LogP contribution is -2.15. The summed E-state index contributed by atoms with van der Waals surface area (Å²) in [4.78, 5) is 15.4. The standard InChI is InChI=1S/C12H7ClF3N5/c13-11-19-4-7-3-9(12(14,15)16)21(10(7)20-11)6-8-5-17-1-2-18-8/h1-5H,6H2. The summed E-state index contributed by atoms with van der Waals surface area (Å²) in [6.07, 6.45) is 0.995. The SMILES string of the molecule is FC(F)(F)c1cc2cnc(Cl)nc2n1Cc1cnccn1. The van der Waals surface area contributed by atoms with Crippen LogP contribution in [0.15, 0.2) is 30.9 Å². The molecule has 0 unspecified atom stereocenters. The number of alkyl halides is 3. The van der Waals surface area contributed by atoms with Crippen molar-refractivity contribution in [3.8, 4) is 0 Å². The van der Waals surface area contributed by atoms with Crippen LogP contribution in [0.5, 0.6) is 0 Å². The van der Waals surface area contributed by atoms with Gasteiger partial charge in [0.2, 0.25) is 5.28 Å². The van der Waals surface area contributed by atoms with Gasteiger partial charge in [-0.25, -0.2) is 4.98 Å². The first-order chi connectivity index (χ1) is 9.95. The average Bonchev–Trinajstić information content (AvgIpc) is 2.78. The van der Waals surface area contributed by atoms with Gasteiger partial charge < -0.3 is 4.57 Å². The van der Waals surface area contributed by atoms with E-state index in [1.54, 1.807) is 0 Å². The maximum Gasteiger partial charge on any atom is 0.431 e. The third-order valence-electron chi connectivity index (χ3n) is 2.83. The number of halogens is 4. The Morgan fingerprint density at radius 1 is 1.14 bits per heavy atom. The molecule has 3 rings (SSSR count). The minimum atomic E-state index is -4.52. The normalized spacial score (nSPS) is 12.0. The van der Waals surface area contributed by atoms with Gasteiger partial charge in [0.05, 0.1) is 18.4 Å². The van der Waals surface area contributed by atoms with Crippen molar-refractivity contribution < 1.29 is 13.2 Å². The molecular weight excluding hydrogens is 307 g/mol. The number of hydrogen-bond donors (Lipinski definition) is 0. The Kier molecular flexibility index (Phi) is 3.25. The Labute approximate surface area is 121 Å². The van der Waals surface area contributed by atoms with Crippen LogP contribution >= 0.6 is 11.6 Å². The molecule has 0 saturated heterocycles. The van der Waals surface area contributed by atoms with Crippen molar-refractivity contribution in [2.45, 2.75) is 12.7 Å². The molecule has 3 heterocycles. The molecule has 0 atom stereocenters. The first kappa shape index (κ1) is 13.7. The summed E-state index contributed by atoms with van der Waals surface area (Å²) < 4.78 is 40.5. The van der Waals surface area contributed by atoms with Crippen molar-refractivity contribution in [3.05, 3.63) is 47.5 Å². The average molecular weight is 314 g/mol. The monoisotopic (exact) mass is 313 g/mol. The van der Waals surface area contributed by atoms with E-state index in [1.807, 2.05) is 0 Å². The summed E-state index contributed by atoms with van der Waals surface area (Å²) in [5.41, 5.74) is -0.345. The van der Waals surface area contributed by atoms with Gasteiger partial charge in [0, 0.05) is 24.0 Å². The zero-order chi connectivity index (χ0) is 15.0. The van der Waals surface area contributed by atoms with E-state index >= 15 is 0 Å². The molecule has 0 N–H and O–H groups in total. The van der Waals surface area contributed by atoms with Crippen molar-refractivity contribution >= 4 is 22.6 Å². The lowest BCUT2D eigenvalue weighted by molar-refractivity contribution is -0.143. The fourth-order valence-electron chi connectivity index (χ4n) is 1.99. The molecule has 0 bridgehead atoms. The largest absolute Gasteiger partial charge is 0.431 e. The summed E-state index contributed by atoms with van der Waals surface area (Å²) in [5.74, 6) is 0. The number of nitrogens with zero attached hydrogens (tertiary/aromatic N) is 5. The van der Waals surface area contributed by atoms with Crippen molar-refractivity contribution in [1.82, 2.24) is 24.5 Å². The molecule has 9 heteroatoms. The molecule has 108 valence electrons. The zero-order valence-corrected chi connectivity index (χ0v) is 11.1. The van der Waals surface area contributed by atoms with Crippen LogP contribution in [0.3, 0.4) is 0 Å². The van der Waals surface area contributed by atoms with Gasteiger partial charge in [0.1, 0.15) is 11.3 Å². The highest BCUT2D eigenvalue weighted by Crippen LogP contribution is 2.33. The van der Waals surface area contributed by atoms with E-state index in [4.69, 9.17) is 11.6 Å². The van der Waals surface area contributed by atoms with Crippen LogP contribution in [0.4, 0.5) is 13.2 Å². The van der Waals surface area contributed by atoms with Gasteiger partial charge in [0.25, 0.3) is 0 Å². The highest BCUT2D eigenvalue weighted by Gasteiger charge is 2.36. The van der Waals surface area contributed by atoms with Gasteiger partial charge in [-0.15, -0.1) is 0 Å². The van der Waals surface area contributed by atoms with Crippen molar-refractivity contribution in [3.63, 3.8) is 0 Å². The summed E-state index contributed by atoms with van der Waals surface area (Å²) in [5, 5.41) is 0.144. The number of aromatic nitrogens is 5. The van der Waals surface area contributed by atoms with Crippen molar-refractivity contribution in [2.75, 3.05) is 0 Å². The van der Waals surface area contributed by atoms with Crippen LogP contribution in [0.25, 0.3) is 11.0 Å². The van der Waals surface area contributed by atoms with E-state index in [1.165, 1.54) is 24.8 Å². The van der Waals surface area contributed by atoms with Crippen LogP contribution in [0.2, 0.25) is 5.28 Å². The van der Waals surface area contributed by atoms with Crippen LogP contribution in [-0.4, -0.2) is 24.5 Å². The lowest BCUT2D eigenvalue weighted by atomic mass is 10.3. The molecule has 0 amide bonds. The molecule has 0 spiro atoms. The molecule has 5 nitrogen and oxygen atoms in total. The Hall–Kier alpha value is -2.22. The maximum absolute atomic E-state index is 13.2. The van der Waals surface area contributed by atoms with Crippen LogP contribution in [-0.2, 0) is 12.7 Å². The topological polar surface area (TPSA) is 56.5 Å². The van der Waals surface area contributed by atoms with E-state index in [0.717, 1.165) is 10.6 Å². The van der Waals surface area contributed by atoms with E-state index < -0.39 is 11.9 Å². The maximum atomic E-state index is 13.2. The molecule has 0 aliphatic rings. The van der Waals surface area contributed by atoms with E-state index in [9.17, 15) is 13.2 Å². The fraction of sp³-hybridized carbons (Fsp3) is 0.167. The molecular formula is C12H7ClF3N5. The molecule has 0 fully saturated rings. The minimum absolute atomic E-state index is 0.105. The molecule has 3 aromatic rings.